The van der Waals surface area contributed by atoms with Crippen LogP contribution >= 0.6 is 0 Å². The van der Waals surface area contributed by atoms with Crippen LogP contribution in [0.25, 0.3) is 27.4 Å². The van der Waals surface area contributed by atoms with Gasteiger partial charge in [0, 0.05) is 40.5 Å². The fraction of sp³-hybridized carbons (Fsp3) is 0.528. The highest BCUT2D eigenvalue weighted by molar-refractivity contribution is 6.09. The second kappa shape index (κ2) is 10.2. The minimum atomic E-state index is -0.898. The molecule has 2 fully saturated rings. The number of aromatic nitrogens is 2. The first-order valence-electron chi connectivity index (χ1n) is 16.3. The number of hydrogen-bond donors (Lipinski definition) is 2. The maximum Gasteiger partial charge on any atom is 0.0998 e. The Morgan fingerprint density at radius 1 is 0.902 bits per heavy atom. The lowest BCUT2D eigenvalue weighted by Gasteiger charge is -2.58. The molecule has 2 unspecified atom stereocenters. The molecule has 5 nitrogen and oxygen atoms in total. The summed E-state index contributed by atoms with van der Waals surface area (Å²) in [5, 5.41) is 15.5. The molecule has 0 amide bonds. The standard InChI is InChI=1S/C36H44N4O/c41-36-18-10-4-1-2-5-11-20-39-22-17-30(35(25-39)23-26-13-7-3-6-12-21-40(26)34(35)36)29(24-36)32-33-28(16-19-37-32)27-14-8-9-15-31(27)38-33/h1,4,7-9,13-16,19,24,26,30,34,38,41H,2-3,5-6,10-12,17-18,20-23,25H2/b4-1-,13-7-/t26?,30-,34+,35-,36-/m0/s1. The van der Waals surface area contributed by atoms with E-state index in [1.807, 2.05) is 6.20 Å². The molecule has 214 valence electrons. The van der Waals surface area contributed by atoms with E-state index in [2.05, 4.69) is 75.5 Å². The summed E-state index contributed by atoms with van der Waals surface area (Å²) < 4.78 is 0. The number of nitrogens with zero attached hydrogens (tertiary/aromatic N) is 3. The Morgan fingerprint density at radius 2 is 1.76 bits per heavy atom. The molecule has 41 heavy (non-hydrogen) atoms. The Hall–Kier alpha value is -2.73. The van der Waals surface area contributed by atoms with Crippen LogP contribution in [0.4, 0.5) is 0 Å². The van der Waals surface area contributed by atoms with Crippen molar-refractivity contribution in [1.29, 1.82) is 0 Å². The number of para-hydroxylation sites is 1. The van der Waals surface area contributed by atoms with E-state index < -0.39 is 5.60 Å². The van der Waals surface area contributed by atoms with Crippen molar-refractivity contribution in [2.75, 3.05) is 26.2 Å². The van der Waals surface area contributed by atoms with Gasteiger partial charge in [0.2, 0.25) is 0 Å². The monoisotopic (exact) mass is 548 g/mol. The fourth-order valence-corrected chi connectivity index (χ4v) is 9.59. The Morgan fingerprint density at radius 3 is 2.71 bits per heavy atom. The van der Waals surface area contributed by atoms with Gasteiger partial charge >= 0.3 is 0 Å². The first kappa shape index (κ1) is 25.9. The molecule has 6 heterocycles. The Labute approximate surface area is 244 Å². The molecule has 1 aliphatic carbocycles. The molecule has 1 aromatic carbocycles. The van der Waals surface area contributed by atoms with Gasteiger partial charge in [0.25, 0.3) is 0 Å². The van der Waals surface area contributed by atoms with E-state index in [4.69, 9.17) is 4.98 Å². The molecule has 5 heteroatoms. The van der Waals surface area contributed by atoms with Gasteiger partial charge in [-0.2, -0.15) is 0 Å². The third kappa shape index (κ3) is 4.18. The van der Waals surface area contributed by atoms with Crippen molar-refractivity contribution in [3.05, 3.63) is 72.6 Å². The van der Waals surface area contributed by atoms with E-state index >= 15 is 0 Å². The number of nitrogens with one attached hydrogen (secondary N) is 1. The summed E-state index contributed by atoms with van der Waals surface area (Å²) in [6.45, 7) is 4.47. The molecule has 2 N–H and O–H groups in total. The van der Waals surface area contributed by atoms with Gasteiger partial charge in [-0.15, -0.1) is 0 Å². The van der Waals surface area contributed by atoms with E-state index in [0.717, 1.165) is 68.5 Å². The number of pyridine rings is 1. The van der Waals surface area contributed by atoms with Crippen molar-refractivity contribution >= 4 is 27.4 Å². The Bertz CT molecular complexity index is 1530. The van der Waals surface area contributed by atoms with Crippen LogP contribution in [0, 0.1) is 11.3 Å². The van der Waals surface area contributed by atoms with Crippen LogP contribution in [0.1, 0.15) is 69.9 Å². The zero-order valence-corrected chi connectivity index (χ0v) is 24.3. The number of rotatable bonds is 1. The Balaban J connectivity index is 1.35. The maximum atomic E-state index is 13.1. The molecule has 1 spiro atoms. The number of fused-ring (bicyclic) bond motifs is 5. The minimum Gasteiger partial charge on any atom is -0.384 e. The van der Waals surface area contributed by atoms with Crippen molar-refractivity contribution in [3.8, 4) is 0 Å². The van der Waals surface area contributed by atoms with Crippen molar-refractivity contribution in [2.45, 2.75) is 81.9 Å². The summed E-state index contributed by atoms with van der Waals surface area (Å²) in [6.07, 6.45) is 25.2. The molecule has 0 saturated carbocycles. The highest BCUT2D eigenvalue weighted by Gasteiger charge is 2.65. The summed E-state index contributed by atoms with van der Waals surface area (Å²) in [7, 11) is 0. The van der Waals surface area contributed by atoms with Gasteiger partial charge in [-0.3, -0.25) is 9.88 Å². The van der Waals surface area contributed by atoms with Crippen molar-refractivity contribution in [3.63, 3.8) is 0 Å². The summed E-state index contributed by atoms with van der Waals surface area (Å²) in [5.41, 5.74) is 3.74. The van der Waals surface area contributed by atoms with E-state index in [1.54, 1.807) is 0 Å². The third-order valence-corrected chi connectivity index (χ3v) is 11.2. The minimum absolute atomic E-state index is 0.00403. The van der Waals surface area contributed by atoms with Crippen molar-refractivity contribution < 1.29 is 5.11 Å². The van der Waals surface area contributed by atoms with Crippen LogP contribution < -0.4 is 0 Å². The normalized spacial score (nSPS) is 37.6. The molecule has 5 aliphatic rings. The van der Waals surface area contributed by atoms with Crippen LogP contribution in [-0.4, -0.2) is 68.7 Å². The van der Waals surface area contributed by atoms with Crippen LogP contribution in [0.15, 0.2) is 66.9 Å². The van der Waals surface area contributed by atoms with E-state index in [1.165, 1.54) is 55.0 Å². The van der Waals surface area contributed by atoms with Crippen LogP contribution in [0.2, 0.25) is 0 Å². The quantitative estimate of drug-likeness (QED) is 0.326. The van der Waals surface area contributed by atoms with E-state index in [9.17, 15) is 5.11 Å². The van der Waals surface area contributed by atoms with Gasteiger partial charge in [0.1, 0.15) is 0 Å². The van der Waals surface area contributed by atoms with Crippen LogP contribution in [-0.2, 0) is 0 Å². The lowest BCUT2D eigenvalue weighted by molar-refractivity contribution is -0.0894. The highest BCUT2D eigenvalue weighted by Crippen LogP contribution is 2.61. The number of allylic oxidation sites excluding steroid dienone is 4. The molecule has 2 aromatic heterocycles. The largest absolute Gasteiger partial charge is 0.384 e. The van der Waals surface area contributed by atoms with Gasteiger partial charge < -0.3 is 15.0 Å². The average Bonchev–Trinajstić information content (AvgIpc) is 3.49. The number of aromatic amines is 1. The predicted molar refractivity (Wildman–Crippen MR) is 168 cm³/mol. The number of benzene rings is 1. The first-order chi connectivity index (χ1) is 20.2. The van der Waals surface area contributed by atoms with Gasteiger partial charge in [-0.1, -0.05) is 42.5 Å². The SMILES string of the molecule is O[C@]12C=C(c3nccc4c3[nH]c3ccccc34)[C@@H]3CCN(CCCC/C=C\CC1)C[C@@]31CC3/C=C\CCCCN3[C@H]12. The second-order valence-electron chi connectivity index (χ2n) is 13.5. The predicted octanol–water partition coefficient (Wildman–Crippen LogP) is 6.86. The second-order valence-corrected chi connectivity index (χ2v) is 13.5. The maximum absolute atomic E-state index is 13.1. The average molecular weight is 549 g/mol. The molecule has 4 aliphatic heterocycles. The van der Waals surface area contributed by atoms with Gasteiger partial charge in [0.15, 0.2) is 0 Å². The third-order valence-electron chi connectivity index (χ3n) is 11.2. The van der Waals surface area contributed by atoms with Gasteiger partial charge in [-0.05, 0) is 114 Å². The number of aliphatic hydroxyl groups is 1. The first-order valence-corrected chi connectivity index (χ1v) is 16.3. The summed E-state index contributed by atoms with van der Waals surface area (Å²) in [6, 6.07) is 11.3. The molecule has 3 aromatic rings. The van der Waals surface area contributed by atoms with E-state index in [0.29, 0.717) is 12.0 Å². The van der Waals surface area contributed by atoms with Crippen molar-refractivity contribution in [2.24, 2.45) is 11.3 Å². The summed E-state index contributed by atoms with van der Waals surface area (Å²) in [4.78, 5) is 14.4. The molecule has 6 atom stereocenters. The number of piperidine rings is 1. The molecular formula is C36H44N4O. The smallest absolute Gasteiger partial charge is 0.0998 e. The van der Waals surface area contributed by atoms with Gasteiger partial charge in [0.05, 0.1) is 22.9 Å². The van der Waals surface area contributed by atoms with Crippen LogP contribution in [0.5, 0.6) is 0 Å². The summed E-state index contributed by atoms with van der Waals surface area (Å²) >= 11 is 0. The van der Waals surface area contributed by atoms with Crippen molar-refractivity contribution in [1.82, 2.24) is 19.8 Å². The highest BCUT2D eigenvalue weighted by atomic mass is 16.3. The van der Waals surface area contributed by atoms with Crippen LogP contribution in [0.3, 0.4) is 0 Å². The van der Waals surface area contributed by atoms with E-state index in [-0.39, 0.29) is 11.5 Å². The number of H-pyrrole nitrogens is 1. The molecular weight excluding hydrogens is 504 g/mol. The van der Waals surface area contributed by atoms with Gasteiger partial charge in [-0.25, -0.2) is 0 Å². The zero-order chi connectivity index (χ0) is 27.4. The molecule has 0 radical (unpaired) electrons. The topological polar surface area (TPSA) is 55.4 Å². The zero-order valence-electron chi connectivity index (χ0n) is 24.3. The number of hydrogen-bond acceptors (Lipinski definition) is 4. The summed E-state index contributed by atoms with van der Waals surface area (Å²) in [5.74, 6) is 0.385. The molecule has 3 bridgehead atoms. The lowest BCUT2D eigenvalue weighted by Crippen LogP contribution is -2.65. The fourth-order valence-electron chi connectivity index (χ4n) is 9.59. The Kier molecular flexibility index (Phi) is 6.46. The lowest BCUT2D eigenvalue weighted by atomic mass is 9.54. The molecule has 2 saturated heterocycles. The molecule has 8 rings (SSSR count).